The Morgan fingerprint density at radius 2 is 1.09 bits per heavy atom. The fourth-order valence-corrected chi connectivity index (χ4v) is 14.5. The molecule has 4 heteroatoms. The second kappa shape index (κ2) is 15.1. The van der Waals surface area contributed by atoms with Crippen LogP contribution >= 0.6 is 11.3 Å². The van der Waals surface area contributed by atoms with Gasteiger partial charge in [-0.1, -0.05) is 155 Å². The summed E-state index contributed by atoms with van der Waals surface area (Å²) >= 11 is 2.07. The summed E-state index contributed by atoms with van der Waals surface area (Å²) in [7, 11) is 0. The smallest absolute Gasteiger partial charge is 0.264 e. The second-order valence-electron chi connectivity index (χ2n) is 28.4. The predicted octanol–water partition coefficient (Wildman–Crippen LogP) is 17.2. The molecule has 362 valence electrons. The average Bonchev–Trinajstić information content (AvgIpc) is 3.63. The third-order valence-corrected chi connectivity index (χ3v) is 19.9. The number of nitrogens with zero attached hydrogens (tertiary/aromatic N) is 2. The van der Waals surface area contributed by atoms with Crippen molar-refractivity contribution in [3.8, 4) is 0 Å². The van der Waals surface area contributed by atoms with Gasteiger partial charge in [0, 0.05) is 43.3 Å². The minimum atomic E-state index is -0.0296. The fraction of sp³-hybridized carbons (Fsp3) is 0.508. The first-order valence-electron chi connectivity index (χ1n) is 26.5. The lowest BCUT2D eigenvalue weighted by Gasteiger charge is -2.47. The molecule has 5 aliphatic rings. The highest BCUT2D eigenvalue weighted by Crippen LogP contribution is 2.55. The maximum atomic E-state index is 4.71. The molecule has 0 saturated heterocycles. The Kier molecular flexibility index (Phi) is 10.6. The van der Waals surface area contributed by atoms with Gasteiger partial charge in [0.15, 0.2) is 0 Å². The molecule has 0 saturated carbocycles. The Morgan fingerprint density at radius 1 is 0.594 bits per heavy atom. The molecule has 10 rings (SSSR count). The monoisotopic (exact) mass is 935 g/mol. The molecule has 3 heterocycles. The molecular formula is C65H83BN2S. The van der Waals surface area contributed by atoms with Crippen LogP contribution in [0.5, 0.6) is 0 Å². The van der Waals surface area contributed by atoms with Crippen molar-refractivity contribution in [2.45, 2.75) is 203 Å². The van der Waals surface area contributed by atoms with E-state index >= 15 is 0 Å². The van der Waals surface area contributed by atoms with E-state index in [1.165, 1.54) is 131 Å². The number of hydrogen-bond donors (Lipinski definition) is 0. The molecule has 0 atom stereocenters. The molecule has 4 aromatic carbocycles. The van der Waals surface area contributed by atoms with Crippen molar-refractivity contribution in [3.05, 3.63) is 130 Å². The molecule has 0 bridgehead atoms. The molecule has 0 N–H and O–H groups in total. The van der Waals surface area contributed by atoms with Crippen LogP contribution in [0.25, 0.3) is 10.1 Å². The van der Waals surface area contributed by atoms with E-state index in [4.69, 9.17) is 6.58 Å². The number of thiophene rings is 1. The highest BCUT2D eigenvalue weighted by molar-refractivity contribution is 7.33. The lowest BCUT2D eigenvalue weighted by molar-refractivity contribution is 0.267. The summed E-state index contributed by atoms with van der Waals surface area (Å²) in [5.41, 5.74) is 22.7. The minimum Gasteiger partial charge on any atom is -0.311 e. The molecule has 0 radical (unpaired) electrons. The predicted molar refractivity (Wildman–Crippen MR) is 305 cm³/mol. The molecule has 0 spiro atoms. The summed E-state index contributed by atoms with van der Waals surface area (Å²) < 4.78 is 2.86. The van der Waals surface area contributed by atoms with E-state index in [2.05, 4.69) is 226 Å². The normalized spacial score (nSPS) is 21.6. The standard InChI is InChI=1S/C65H83BN2S/c1-21-42(34-45-39(2)60(9,10)25-26-61(45,11)12)68-52-24-22-23-51-55(52)66(57-56(68)44-35-46-49(38-54(44)69-57)65(19,20)30-27-62(46,13)14)50-36-47-48(64(17,18)29-28-63(47,15)16)37-53(50)67(51)43-32-40(58(3,4)5)31-41(33-43)59(6,7)8/h21-24,31-38H,1,25-30H2,2-20H3/b42-34+. The quantitative estimate of drug-likeness (QED) is 0.128. The van der Waals surface area contributed by atoms with Crippen molar-refractivity contribution in [2.24, 2.45) is 10.8 Å². The first kappa shape index (κ1) is 48.4. The summed E-state index contributed by atoms with van der Waals surface area (Å²) in [6.07, 6.45) is 11.8. The van der Waals surface area contributed by atoms with Gasteiger partial charge in [0.05, 0.1) is 5.69 Å². The van der Waals surface area contributed by atoms with Crippen LogP contribution in [0.15, 0.2) is 96.2 Å². The summed E-state index contributed by atoms with van der Waals surface area (Å²) in [6.45, 7) is 51.2. The van der Waals surface area contributed by atoms with Crippen LogP contribution in [0.1, 0.15) is 203 Å². The highest BCUT2D eigenvalue weighted by Gasteiger charge is 2.49. The molecule has 2 aliphatic heterocycles. The van der Waals surface area contributed by atoms with Crippen LogP contribution in [0.3, 0.4) is 0 Å². The van der Waals surface area contributed by atoms with Gasteiger partial charge >= 0.3 is 0 Å². The maximum Gasteiger partial charge on any atom is 0.264 e. The number of fused-ring (bicyclic) bond motifs is 8. The molecule has 1 aromatic heterocycles. The number of rotatable bonds is 4. The van der Waals surface area contributed by atoms with E-state index in [1.807, 2.05) is 0 Å². The Balaban J connectivity index is 1.37. The van der Waals surface area contributed by atoms with Crippen molar-refractivity contribution in [2.75, 3.05) is 9.80 Å². The van der Waals surface area contributed by atoms with E-state index < -0.39 is 0 Å². The van der Waals surface area contributed by atoms with Crippen LogP contribution in [0.4, 0.5) is 28.4 Å². The van der Waals surface area contributed by atoms with E-state index in [0.29, 0.717) is 0 Å². The van der Waals surface area contributed by atoms with Crippen LogP contribution in [0.2, 0.25) is 0 Å². The number of allylic oxidation sites excluding steroid dienone is 4. The number of benzene rings is 4. The van der Waals surface area contributed by atoms with Gasteiger partial charge in [0.25, 0.3) is 6.71 Å². The molecule has 0 amide bonds. The van der Waals surface area contributed by atoms with Crippen LogP contribution in [0, 0.1) is 10.8 Å². The molecule has 2 nitrogen and oxygen atoms in total. The first-order chi connectivity index (χ1) is 31.8. The third-order valence-electron chi connectivity index (χ3n) is 18.7. The van der Waals surface area contributed by atoms with Crippen molar-refractivity contribution >= 4 is 72.3 Å². The van der Waals surface area contributed by atoms with Crippen molar-refractivity contribution < 1.29 is 0 Å². The number of anilines is 5. The average molecular weight is 935 g/mol. The number of hydrogen-bond acceptors (Lipinski definition) is 3. The van der Waals surface area contributed by atoms with Crippen molar-refractivity contribution in [1.29, 1.82) is 0 Å². The highest BCUT2D eigenvalue weighted by atomic mass is 32.1. The maximum absolute atomic E-state index is 4.71. The largest absolute Gasteiger partial charge is 0.311 e. The second-order valence-corrected chi connectivity index (χ2v) is 29.4. The third kappa shape index (κ3) is 7.43. The van der Waals surface area contributed by atoms with E-state index in [9.17, 15) is 0 Å². The molecule has 5 aromatic rings. The Hall–Kier alpha value is -4.28. The molecule has 69 heavy (non-hydrogen) atoms. The van der Waals surface area contributed by atoms with Crippen LogP contribution in [-0.2, 0) is 32.5 Å². The molecule has 0 unspecified atom stereocenters. The zero-order valence-electron chi connectivity index (χ0n) is 46.3. The minimum absolute atomic E-state index is 0.0296. The van der Waals surface area contributed by atoms with Gasteiger partial charge in [-0.05, 0) is 193 Å². The van der Waals surface area contributed by atoms with Gasteiger partial charge in [0.2, 0.25) is 0 Å². The van der Waals surface area contributed by atoms with Gasteiger partial charge in [0.1, 0.15) is 0 Å². The Labute approximate surface area is 422 Å². The van der Waals surface area contributed by atoms with Crippen molar-refractivity contribution in [1.82, 2.24) is 0 Å². The van der Waals surface area contributed by atoms with Crippen LogP contribution in [-0.4, -0.2) is 6.71 Å². The summed E-state index contributed by atoms with van der Waals surface area (Å²) in [6, 6.07) is 25.4. The van der Waals surface area contributed by atoms with Crippen molar-refractivity contribution in [3.63, 3.8) is 0 Å². The van der Waals surface area contributed by atoms with Gasteiger partial charge in [-0.3, -0.25) is 0 Å². The summed E-state index contributed by atoms with van der Waals surface area (Å²) in [4.78, 5) is 5.38. The topological polar surface area (TPSA) is 6.48 Å². The first-order valence-corrected chi connectivity index (χ1v) is 27.4. The van der Waals surface area contributed by atoms with Crippen LogP contribution < -0.4 is 25.5 Å². The van der Waals surface area contributed by atoms with E-state index in [1.54, 1.807) is 0 Å². The van der Waals surface area contributed by atoms with E-state index in [0.717, 1.165) is 12.1 Å². The lowest BCUT2D eigenvalue weighted by Crippen LogP contribution is -2.61. The SMILES string of the molecule is C=C/C(=C\C1=C(C)C(C)(C)CCC1(C)C)N1c2cccc3c2B(c2cc4c(cc2N3c2cc(C(C)(C)C)cc(C(C)(C)C)c2)C(C)(C)CCC4(C)C)c2sc3cc4c(cc3c21)C(C)(C)CCC4(C)C. The molecular weight excluding hydrogens is 852 g/mol. The van der Waals surface area contributed by atoms with Gasteiger partial charge < -0.3 is 9.80 Å². The Bertz CT molecular complexity index is 3040. The summed E-state index contributed by atoms with van der Waals surface area (Å²) in [5.74, 6) is 0. The zero-order chi connectivity index (χ0) is 50.1. The summed E-state index contributed by atoms with van der Waals surface area (Å²) in [5, 5.41) is 1.38. The Morgan fingerprint density at radius 3 is 1.64 bits per heavy atom. The van der Waals surface area contributed by atoms with Gasteiger partial charge in [-0.15, -0.1) is 11.3 Å². The molecule has 3 aliphatic carbocycles. The van der Waals surface area contributed by atoms with Gasteiger partial charge in [-0.25, -0.2) is 0 Å². The lowest BCUT2D eigenvalue weighted by atomic mass is 9.35. The van der Waals surface area contributed by atoms with E-state index in [-0.39, 0.29) is 50.0 Å². The zero-order valence-corrected chi connectivity index (χ0v) is 47.1. The molecule has 0 fully saturated rings. The van der Waals surface area contributed by atoms with Gasteiger partial charge in [-0.2, -0.15) is 0 Å². The fourth-order valence-electron chi connectivity index (χ4n) is 13.2.